The SMILES string of the molecule is CC\C=C/C=C\C=C/C=C\CCCCCC(=O)OC(COC(=O)CCCCCCC\C=C/C=C\C=C/C=C\C=C/CCC)COC(=O)CCCCCCC/C=C\CCCCC. The van der Waals surface area contributed by atoms with Crippen LogP contribution >= 0.6 is 0 Å². The second kappa shape index (κ2) is 48.5. The Labute approximate surface area is 373 Å². The molecule has 0 bridgehead atoms. The lowest BCUT2D eigenvalue weighted by molar-refractivity contribution is -0.167. The normalized spacial score (nSPS) is 13.2. The molecule has 61 heavy (non-hydrogen) atoms. The Morgan fingerprint density at radius 2 is 0.689 bits per heavy atom. The number of esters is 3. The second-order valence-electron chi connectivity index (χ2n) is 15.5. The van der Waals surface area contributed by atoms with Crippen molar-refractivity contribution in [3.63, 3.8) is 0 Å². The third kappa shape index (κ3) is 46.7. The molecule has 0 rings (SSSR count). The molecule has 0 saturated heterocycles. The zero-order chi connectivity index (χ0) is 44.4. The molecule has 1 atom stereocenters. The van der Waals surface area contributed by atoms with Gasteiger partial charge in [-0.3, -0.25) is 14.4 Å². The highest BCUT2D eigenvalue weighted by Gasteiger charge is 2.19. The summed E-state index contributed by atoms with van der Waals surface area (Å²) in [5.41, 5.74) is 0. The van der Waals surface area contributed by atoms with E-state index in [1.807, 2.05) is 72.9 Å². The predicted molar refractivity (Wildman–Crippen MR) is 260 cm³/mol. The van der Waals surface area contributed by atoms with Gasteiger partial charge in [0, 0.05) is 19.3 Å². The minimum absolute atomic E-state index is 0.111. The lowest BCUT2D eigenvalue weighted by atomic mass is 10.1. The van der Waals surface area contributed by atoms with Crippen LogP contribution in [0.2, 0.25) is 0 Å². The van der Waals surface area contributed by atoms with Gasteiger partial charge in [0.15, 0.2) is 6.10 Å². The number of hydrogen-bond acceptors (Lipinski definition) is 6. The predicted octanol–water partition coefficient (Wildman–Crippen LogP) is 15.7. The van der Waals surface area contributed by atoms with Crippen molar-refractivity contribution >= 4 is 17.9 Å². The molecular weight excluding hydrogens is 757 g/mol. The van der Waals surface area contributed by atoms with Crippen molar-refractivity contribution in [3.8, 4) is 0 Å². The Balaban J connectivity index is 4.53. The van der Waals surface area contributed by atoms with Crippen LogP contribution in [0.3, 0.4) is 0 Å². The summed E-state index contributed by atoms with van der Waals surface area (Å²) in [6.45, 7) is 6.29. The van der Waals surface area contributed by atoms with E-state index in [4.69, 9.17) is 14.2 Å². The molecule has 0 aliphatic carbocycles. The maximum absolute atomic E-state index is 12.7. The van der Waals surface area contributed by atoms with E-state index in [0.717, 1.165) is 103 Å². The molecule has 0 spiro atoms. The smallest absolute Gasteiger partial charge is 0.306 e. The van der Waals surface area contributed by atoms with Gasteiger partial charge in [0.1, 0.15) is 13.2 Å². The standard InChI is InChI=1S/C55H86O6/c1-4-7-10-13-16-19-22-25-26-27-28-29-31-33-36-39-42-45-48-54(57)60-51-52(50-59-53(56)47-44-41-38-35-32-24-21-18-15-12-9-6-3)61-55(58)49-46-43-40-37-34-30-23-20-17-14-11-8-5-2/h8,10-11,13-14,16-23,25-30,34,52H,4-7,9,12,15,24,31-33,35-51H2,1-3H3/b11-8-,13-10-,17-14-,19-16-,21-18-,23-20-,25-22-,27-26-,29-28-,34-30-. The van der Waals surface area contributed by atoms with Crippen LogP contribution < -0.4 is 0 Å². The summed E-state index contributed by atoms with van der Waals surface area (Å²) in [5.74, 6) is -0.996. The summed E-state index contributed by atoms with van der Waals surface area (Å²) in [4.78, 5) is 37.9. The van der Waals surface area contributed by atoms with E-state index in [-0.39, 0.29) is 37.5 Å². The first kappa shape index (κ1) is 56.8. The van der Waals surface area contributed by atoms with Gasteiger partial charge in [-0.15, -0.1) is 0 Å². The molecule has 0 aliphatic rings. The molecule has 6 heteroatoms. The molecule has 0 aromatic heterocycles. The Bertz CT molecular complexity index is 1340. The van der Waals surface area contributed by atoms with E-state index in [1.165, 1.54) is 38.5 Å². The number of rotatable bonds is 41. The van der Waals surface area contributed by atoms with Gasteiger partial charge in [-0.05, 0) is 83.5 Å². The van der Waals surface area contributed by atoms with Crippen LogP contribution in [-0.4, -0.2) is 37.2 Å². The monoisotopic (exact) mass is 843 g/mol. The third-order valence-electron chi connectivity index (χ3n) is 9.62. The number of carbonyl (C=O) groups excluding carboxylic acids is 3. The van der Waals surface area contributed by atoms with Gasteiger partial charge in [-0.2, -0.15) is 0 Å². The summed E-state index contributed by atoms with van der Waals surface area (Å²) < 4.78 is 16.7. The highest BCUT2D eigenvalue weighted by molar-refractivity contribution is 5.71. The summed E-state index contributed by atoms with van der Waals surface area (Å²) in [6, 6.07) is 0. The van der Waals surface area contributed by atoms with Crippen LogP contribution in [0, 0.1) is 0 Å². The summed E-state index contributed by atoms with van der Waals surface area (Å²) in [5, 5.41) is 0. The molecule has 0 aromatic rings. The molecule has 0 N–H and O–H groups in total. The maximum Gasteiger partial charge on any atom is 0.306 e. The molecule has 0 aromatic carbocycles. The molecule has 6 nitrogen and oxygen atoms in total. The molecule has 0 amide bonds. The van der Waals surface area contributed by atoms with E-state index < -0.39 is 6.10 Å². The Hall–Kier alpha value is -4.19. The molecular formula is C55H86O6. The molecule has 0 fully saturated rings. The molecule has 342 valence electrons. The van der Waals surface area contributed by atoms with Crippen molar-refractivity contribution in [2.75, 3.05) is 13.2 Å². The van der Waals surface area contributed by atoms with Crippen molar-refractivity contribution in [3.05, 3.63) is 122 Å². The molecule has 0 aliphatic heterocycles. The first-order chi connectivity index (χ1) is 30.0. The van der Waals surface area contributed by atoms with E-state index in [0.29, 0.717) is 19.3 Å². The van der Waals surface area contributed by atoms with Crippen LogP contribution in [0.15, 0.2) is 122 Å². The zero-order valence-electron chi connectivity index (χ0n) is 38.9. The van der Waals surface area contributed by atoms with Crippen molar-refractivity contribution < 1.29 is 28.6 Å². The van der Waals surface area contributed by atoms with E-state index in [9.17, 15) is 14.4 Å². The first-order valence-corrected chi connectivity index (χ1v) is 24.2. The summed E-state index contributed by atoms with van der Waals surface area (Å²) >= 11 is 0. The second-order valence-corrected chi connectivity index (χ2v) is 15.5. The minimum atomic E-state index is -0.815. The molecule has 0 heterocycles. The van der Waals surface area contributed by atoms with Crippen LogP contribution in [0.25, 0.3) is 0 Å². The third-order valence-corrected chi connectivity index (χ3v) is 9.62. The van der Waals surface area contributed by atoms with Crippen molar-refractivity contribution in [1.29, 1.82) is 0 Å². The zero-order valence-corrected chi connectivity index (χ0v) is 38.9. The number of carbonyl (C=O) groups is 3. The maximum atomic E-state index is 12.7. The molecule has 0 radical (unpaired) electrons. The number of unbranched alkanes of at least 4 members (excludes halogenated alkanes) is 17. The van der Waals surface area contributed by atoms with E-state index >= 15 is 0 Å². The van der Waals surface area contributed by atoms with Crippen LogP contribution in [-0.2, 0) is 28.6 Å². The van der Waals surface area contributed by atoms with Gasteiger partial charge < -0.3 is 14.2 Å². The highest BCUT2D eigenvalue weighted by Crippen LogP contribution is 2.12. The Kier molecular flexibility index (Phi) is 45.1. The van der Waals surface area contributed by atoms with E-state index in [1.54, 1.807) is 0 Å². The topological polar surface area (TPSA) is 78.9 Å². The molecule has 0 saturated carbocycles. The van der Waals surface area contributed by atoms with E-state index in [2.05, 4.69) is 69.4 Å². The van der Waals surface area contributed by atoms with Crippen LogP contribution in [0.4, 0.5) is 0 Å². The molecule has 1 unspecified atom stereocenters. The fraction of sp³-hybridized carbons (Fsp3) is 0.582. The Morgan fingerprint density at radius 1 is 0.344 bits per heavy atom. The van der Waals surface area contributed by atoms with Crippen molar-refractivity contribution in [1.82, 2.24) is 0 Å². The lowest BCUT2D eigenvalue weighted by Crippen LogP contribution is -2.30. The lowest BCUT2D eigenvalue weighted by Gasteiger charge is -2.18. The van der Waals surface area contributed by atoms with Crippen molar-refractivity contribution in [2.45, 2.75) is 194 Å². The van der Waals surface area contributed by atoms with Crippen LogP contribution in [0.5, 0.6) is 0 Å². The van der Waals surface area contributed by atoms with Gasteiger partial charge in [-0.25, -0.2) is 0 Å². The quantitative estimate of drug-likeness (QED) is 0.0201. The fourth-order valence-corrected chi connectivity index (χ4v) is 6.00. The van der Waals surface area contributed by atoms with Gasteiger partial charge in [-0.1, -0.05) is 206 Å². The number of allylic oxidation sites excluding steroid dienone is 20. The largest absolute Gasteiger partial charge is 0.462 e. The van der Waals surface area contributed by atoms with Crippen LogP contribution in [0.1, 0.15) is 188 Å². The number of ether oxygens (including phenoxy) is 3. The average Bonchev–Trinajstić information content (AvgIpc) is 3.26. The number of hydrogen-bond donors (Lipinski definition) is 0. The first-order valence-electron chi connectivity index (χ1n) is 24.2. The highest BCUT2D eigenvalue weighted by atomic mass is 16.6. The summed E-state index contributed by atoms with van der Waals surface area (Å²) in [7, 11) is 0. The summed E-state index contributed by atoms with van der Waals surface area (Å²) in [6.07, 6.45) is 66.0. The minimum Gasteiger partial charge on any atom is -0.462 e. The average molecular weight is 843 g/mol. The van der Waals surface area contributed by atoms with Gasteiger partial charge in [0.05, 0.1) is 0 Å². The fourth-order valence-electron chi connectivity index (χ4n) is 6.00. The van der Waals surface area contributed by atoms with Gasteiger partial charge in [0.2, 0.25) is 0 Å². The van der Waals surface area contributed by atoms with Gasteiger partial charge in [0.25, 0.3) is 0 Å². The van der Waals surface area contributed by atoms with Gasteiger partial charge >= 0.3 is 17.9 Å². The Morgan fingerprint density at radius 3 is 1.13 bits per heavy atom. The van der Waals surface area contributed by atoms with Crippen molar-refractivity contribution in [2.24, 2.45) is 0 Å².